The van der Waals surface area contributed by atoms with Crippen LogP contribution < -0.4 is 19.7 Å². The molecule has 4 rings (SSSR count). The normalized spacial score (nSPS) is 21.2. The molecule has 31 heavy (non-hydrogen) atoms. The van der Waals surface area contributed by atoms with E-state index in [0.717, 1.165) is 5.69 Å². The van der Waals surface area contributed by atoms with Gasteiger partial charge in [-0.05, 0) is 36.4 Å². The monoisotopic (exact) mass is 461 g/mol. The van der Waals surface area contributed by atoms with Gasteiger partial charge in [-0.1, -0.05) is 17.8 Å². The van der Waals surface area contributed by atoms with Crippen molar-refractivity contribution in [1.82, 2.24) is 0 Å². The van der Waals surface area contributed by atoms with Crippen molar-refractivity contribution in [2.75, 3.05) is 42.5 Å². The number of carbonyl (C=O) groups is 1. The highest BCUT2D eigenvalue weighted by atomic mass is 32.2. The molecule has 1 N–H and O–H groups in total. The Labute approximate surface area is 185 Å². The third-order valence-corrected chi connectivity index (χ3v) is 8.32. The van der Waals surface area contributed by atoms with Crippen molar-refractivity contribution in [3.05, 3.63) is 48.5 Å². The van der Waals surface area contributed by atoms with E-state index in [4.69, 9.17) is 9.47 Å². The van der Waals surface area contributed by atoms with Gasteiger partial charge in [-0.15, -0.1) is 0 Å². The number of hydrogen-bond acceptors (Lipinski definition) is 8. The maximum Gasteiger partial charge on any atom is 0.244 e. The first kappa shape index (κ1) is 21.5. The van der Waals surface area contributed by atoms with Crippen molar-refractivity contribution >= 4 is 44.0 Å². The number of benzene rings is 2. The van der Waals surface area contributed by atoms with Crippen LogP contribution in [-0.2, 0) is 14.6 Å². The highest BCUT2D eigenvalue weighted by Crippen LogP contribution is 2.37. The number of aliphatic imine (C=N–C) groups is 1. The Morgan fingerprint density at radius 2 is 1.87 bits per heavy atom. The Kier molecular flexibility index (Phi) is 6.10. The van der Waals surface area contributed by atoms with E-state index in [-0.39, 0.29) is 35.2 Å². The fourth-order valence-electron chi connectivity index (χ4n) is 3.55. The van der Waals surface area contributed by atoms with E-state index in [9.17, 15) is 13.2 Å². The molecule has 2 aromatic carbocycles. The minimum absolute atomic E-state index is 0.0293. The second kappa shape index (κ2) is 8.80. The van der Waals surface area contributed by atoms with Gasteiger partial charge in [-0.25, -0.2) is 8.42 Å². The molecule has 10 heteroatoms. The maximum absolute atomic E-state index is 12.8. The van der Waals surface area contributed by atoms with E-state index >= 15 is 0 Å². The number of hydrogen-bond donors (Lipinski definition) is 1. The van der Waals surface area contributed by atoms with Gasteiger partial charge < -0.3 is 19.7 Å². The van der Waals surface area contributed by atoms with Crippen LogP contribution >= 0.6 is 11.8 Å². The number of nitrogens with one attached hydrogen (secondary N) is 1. The van der Waals surface area contributed by atoms with Gasteiger partial charge in [0.2, 0.25) is 5.91 Å². The van der Waals surface area contributed by atoms with Crippen LogP contribution in [0.3, 0.4) is 0 Å². The Balaban J connectivity index is 1.56. The molecule has 0 saturated carbocycles. The highest BCUT2D eigenvalue weighted by molar-refractivity contribution is 8.15. The molecule has 0 aromatic heterocycles. The third kappa shape index (κ3) is 4.96. The molecule has 2 aliphatic heterocycles. The molecule has 0 radical (unpaired) electrons. The number of anilines is 2. The molecule has 8 nitrogen and oxygen atoms in total. The van der Waals surface area contributed by atoms with Crippen LogP contribution in [0.1, 0.15) is 0 Å². The Bertz CT molecular complexity index is 1100. The number of methoxy groups -OCH3 is 2. The van der Waals surface area contributed by atoms with Gasteiger partial charge in [-0.3, -0.25) is 9.79 Å². The average molecular weight is 462 g/mol. The van der Waals surface area contributed by atoms with E-state index in [1.165, 1.54) is 11.8 Å². The molecule has 164 valence electrons. The molecule has 2 atom stereocenters. The topological polar surface area (TPSA) is 97.3 Å². The molecule has 0 spiro atoms. The van der Waals surface area contributed by atoms with Crippen molar-refractivity contribution < 1.29 is 22.7 Å². The number of amidine groups is 1. The van der Waals surface area contributed by atoms with Crippen molar-refractivity contribution in [3.8, 4) is 11.5 Å². The number of amides is 1. The van der Waals surface area contributed by atoms with Crippen LogP contribution in [0.4, 0.5) is 11.4 Å². The van der Waals surface area contributed by atoms with Crippen LogP contribution in [0.5, 0.6) is 11.5 Å². The Morgan fingerprint density at radius 3 is 2.55 bits per heavy atom. The summed E-state index contributed by atoms with van der Waals surface area (Å²) in [7, 11) is 0.106. The fourth-order valence-corrected chi connectivity index (χ4v) is 7.33. The first-order chi connectivity index (χ1) is 14.9. The predicted octanol–water partition coefficient (Wildman–Crippen LogP) is 2.42. The number of nitrogens with zero attached hydrogens (tertiary/aromatic N) is 2. The smallest absolute Gasteiger partial charge is 0.244 e. The lowest BCUT2D eigenvalue weighted by atomic mass is 10.2. The lowest BCUT2D eigenvalue weighted by Gasteiger charge is -2.24. The lowest BCUT2D eigenvalue weighted by Crippen LogP contribution is -2.36. The SMILES string of the molecule is COc1ccc(N(CC(=O)Nc2cccc(OC)c2)C2=N[C@H]3CS(=O)(=O)C[C@H]3S2)cc1. The van der Waals surface area contributed by atoms with Gasteiger partial charge in [0.05, 0.1) is 31.8 Å². The largest absolute Gasteiger partial charge is 0.497 e. The van der Waals surface area contributed by atoms with Gasteiger partial charge in [0.1, 0.15) is 18.0 Å². The first-order valence-corrected chi connectivity index (χ1v) is 12.4. The first-order valence-electron chi connectivity index (χ1n) is 9.67. The van der Waals surface area contributed by atoms with Gasteiger partial charge in [0.25, 0.3) is 0 Å². The van der Waals surface area contributed by atoms with Crippen molar-refractivity contribution in [1.29, 1.82) is 0 Å². The summed E-state index contributed by atoms with van der Waals surface area (Å²) < 4.78 is 34.3. The molecule has 0 bridgehead atoms. The van der Waals surface area contributed by atoms with Gasteiger partial charge in [0, 0.05) is 22.7 Å². The summed E-state index contributed by atoms with van der Waals surface area (Å²) in [6.45, 7) is 0.0293. The number of sulfone groups is 1. The summed E-state index contributed by atoms with van der Waals surface area (Å²) in [5.41, 5.74) is 1.40. The van der Waals surface area contributed by atoms with Gasteiger partial charge in [-0.2, -0.15) is 0 Å². The van der Waals surface area contributed by atoms with Crippen LogP contribution in [0.2, 0.25) is 0 Å². The summed E-state index contributed by atoms with van der Waals surface area (Å²) in [6, 6.07) is 14.2. The minimum Gasteiger partial charge on any atom is -0.497 e. The molecule has 1 saturated heterocycles. The van der Waals surface area contributed by atoms with Crippen molar-refractivity contribution in [2.45, 2.75) is 11.3 Å². The number of ether oxygens (including phenoxy) is 2. The number of thioether (sulfide) groups is 1. The van der Waals surface area contributed by atoms with Crippen LogP contribution in [0.15, 0.2) is 53.5 Å². The van der Waals surface area contributed by atoms with Crippen molar-refractivity contribution in [3.63, 3.8) is 0 Å². The molecule has 2 heterocycles. The zero-order valence-electron chi connectivity index (χ0n) is 17.1. The van der Waals surface area contributed by atoms with Crippen molar-refractivity contribution in [2.24, 2.45) is 4.99 Å². The predicted molar refractivity (Wildman–Crippen MR) is 123 cm³/mol. The molecule has 1 amide bonds. The van der Waals surface area contributed by atoms with Crippen LogP contribution in [-0.4, -0.2) is 63.1 Å². The average Bonchev–Trinajstić information content (AvgIpc) is 3.25. The summed E-state index contributed by atoms with van der Waals surface area (Å²) in [6.07, 6.45) is 0. The zero-order valence-corrected chi connectivity index (χ0v) is 18.8. The summed E-state index contributed by atoms with van der Waals surface area (Å²) in [5.74, 6) is 1.29. The molecule has 0 aliphatic carbocycles. The summed E-state index contributed by atoms with van der Waals surface area (Å²) in [4.78, 5) is 19.3. The quantitative estimate of drug-likeness (QED) is 0.706. The number of rotatable bonds is 6. The lowest BCUT2D eigenvalue weighted by molar-refractivity contribution is -0.114. The standard InChI is InChI=1S/C21H23N3O5S2/c1-28-16-8-6-15(7-9-16)24(21-23-18-12-31(26,27)13-19(18)30-21)11-20(25)22-14-4-3-5-17(10-14)29-2/h3-10,18-19H,11-13H2,1-2H3,(H,22,25)/t18-,19+/m0/s1. The molecule has 1 fully saturated rings. The second-order valence-corrected chi connectivity index (χ2v) is 10.6. The van der Waals surface area contributed by atoms with Gasteiger partial charge >= 0.3 is 0 Å². The zero-order chi connectivity index (χ0) is 22.0. The Morgan fingerprint density at radius 1 is 1.13 bits per heavy atom. The minimum atomic E-state index is -3.05. The number of carbonyl (C=O) groups excluding carboxylic acids is 1. The van der Waals surface area contributed by atoms with E-state index in [0.29, 0.717) is 22.4 Å². The maximum atomic E-state index is 12.8. The molecular weight excluding hydrogens is 438 g/mol. The molecule has 0 unspecified atom stereocenters. The fraction of sp³-hybridized carbons (Fsp3) is 0.333. The van der Waals surface area contributed by atoms with E-state index in [2.05, 4.69) is 10.3 Å². The summed E-state index contributed by atoms with van der Waals surface area (Å²) in [5, 5.41) is 3.42. The van der Waals surface area contributed by atoms with Crippen LogP contribution in [0.25, 0.3) is 0 Å². The molecular formula is C21H23N3O5S2. The summed E-state index contributed by atoms with van der Waals surface area (Å²) >= 11 is 1.42. The number of fused-ring (bicyclic) bond motifs is 1. The van der Waals surface area contributed by atoms with E-state index < -0.39 is 9.84 Å². The van der Waals surface area contributed by atoms with Gasteiger partial charge in [0.15, 0.2) is 15.0 Å². The highest BCUT2D eigenvalue weighted by Gasteiger charge is 2.44. The Hall–Kier alpha value is -2.72. The molecule has 2 aliphatic rings. The third-order valence-electron chi connectivity index (χ3n) is 5.08. The molecule has 2 aromatic rings. The van der Waals surface area contributed by atoms with Crippen LogP contribution in [0, 0.1) is 0 Å². The van der Waals surface area contributed by atoms with E-state index in [1.807, 2.05) is 29.2 Å². The van der Waals surface area contributed by atoms with E-state index in [1.54, 1.807) is 38.5 Å². The second-order valence-electron chi connectivity index (χ2n) is 7.28.